The maximum atomic E-state index is 8.88. The van der Waals surface area contributed by atoms with Crippen molar-refractivity contribution < 1.29 is 0 Å². The van der Waals surface area contributed by atoms with Gasteiger partial charge in [0.2, 0.25) is 0 Å². The van der Waals surface area contributed by atoms with E-state index >= 15 is 0 Å². The van der Waals surface area contributed by atoms with E-state index in [2.05, 4.69) is 22.4 Å². The average Bonchev–Trinajstić information content (AvgIpc) is 2.25. The summed E-state index contributed by atoms with van der Waals surface area (Å²) in [5.74, 6) is 0. The fourth-order valence-corrected chi connectivity index (χ4v) is 1.66. The first-order valence-corrected chi connectivity index (χ1v) is 5.10. The van der Waals surface area contributed by atoms with E-state index < -0.39 is 0 Å². The molecule has 0 saturated carbocycles. The summed E-state index contributed by atoms with van der Waals surface area (Å²) in [5.41, 5.74) is 0. The highest BCUT2D eigenvalue weighted by molar-refractivity contribution is 4.96. The van der Waals surface area contributed by atoms with Gasteiger partial charge in [0.15, 0.2) is 0 Å². The minimum absolute atomic E-state index is 0.0193. The van der Waals surface area contributed by atoms with Crippen LogP contribution in [0, 0.1) is 22.7 Å². The van der Waals surface area contributed by atoms with Crippen LogP contribution in [0.25, 0.3) is 0 Å². The standard InChI is InChI=1S/C10H16N4/c11-4-2-1-3-6-14-7-5-13-9-10(14)8-12/h10,13H,1-3,5-7,9H2. The average molecular weight is 192 g/mol. The highest BCUT2D eigenvalue weighted by Gasteiger charge is 2.20. The van der Waals surface area contributed by atoms with E-state index in [4.69, 9.17) is 10.5 Å². The predicted molar refractivity (Wildman–Crippen MR) is 53.3 cm³/mol. The zero-order chi connectivity index (χ0) is 10.2. The van der Waals surface area contributed by atoms with Crippen molar-refractivity contribution in [1.82, 2.24) is 10.2 Å². The van der Waals surface area contributed by atoms with Gasteiger partial charge in [0.1, 0.15) is 6.04 Å². The van der Waals surface area contributed by atoms with Crippen LogP contribution in [0.3, 0.4) is 0 Å². The van der Waals surface area contributed by atoms with Crippen LogP contribution in [0.1, 0.15) is 19.3 Å². The van der Waals surface area contributed by atoms with Crippen molar-refractivity contribution in [1.29, 1.82) is 10.5 Å². The van der Waals surface area contributed by atoms with Gasteiger partial charge in [-0.25, -0.2) is 0 Å². The number of hydrogen-bond acceptors (Lipinski definition) is 4. The number of nitrogens with one attached hydrogen (secondary N) is 1. The highest BCUT2D eigenvalue weighted by Crippen LogP contribution is 2.05. The summed E-state index contributed by atoms with van der Waals surface area (Å²) in [7, 11) is 0. The Morgan fingerprint density at radius 1 is 1.36 bits per heavy atom. The third-order valence-corrected chi connectivity index (χ3v) is 2.49. The maximum absolute atomic E-state index is 8.88. The number of nitrogens with zero attached hydrogens (tertiary/aromatic N) is 3. The largest absolute Gasteiger partial charge is 0.313 e. The van der Waals surface area contributed by atoms with Crippen LogP contribution in [0.15, 0.2) is 0 Å². The number of piperazine rings is 1. The van der Waals surface area contributed by atoms with Crippen molar-refractivity contribution in [3.05, 3.63) is 0 Å². The van der Waals surface area contributed by atoms with Crippen LogP contribution in [0.5, 0.6) is 0 Å². The first-order chi connectivity index (χ1) is 6.88. The second-order valence-electron chi connectivity index (χ2n) is 3.50. The molecule has 1 aliphatic heterocycles. The summed E-state index contributed by atoms with van der Waals surface area (Å²) in [4.78, 5) is 2.20. The molecule has 0 aromatic rings. The Bertz CT molecular complexity index is 237. The first-order valence-electron chi connectivity index (χ1n) is 5.10. The number of rotatable bonds is 4. The van der Waals surface area contributed by atoms with Crippen LogP contribution in [0.2, 0.25) is 0 Å². The molecule has 0 aromatic carbocycles. The summed E-state index contributed by atoms with van der Waals surface area (Å²) >= 11 is 0. The molecule has 1 fully saturated rings. The summed E-state index contributed by atoms with van der Waals surface area (Å²) in [6, 6.07) is 4.45. The van der Waals surface area contributed by atoms with Crippen molar-refractivity contribution in [2.75, 3.05) is 26.2 Å². The Kier molecular flexibility index (Phi) is 4.99. The van der Waals surface area contributed by atoms with Crippen LogP contribution in [-0.4, -0.2) is 37.1 Å². The van der Waals surface area contributed by atoms with E-state index in [-0.39, 0.29) is 6.04 Å². The quantitative estimate of drug-likeness (QED) is 0.658. The van der Waals surface area contributed by atoms with Crippen molar-refractivity contribution in [3.63, 3.8) is 0 Å². The molecular formula is C10H16N4. The van der Waals surface area contributed by atoms with Gasteiger partial charge in [0, 0.05) is 26.1 Å². The minimum atomic E-state index is 0.0193. The van der Waals surface area contributed by atoms with Gasteiger partial charge >= 0.3 is 0 Å². The molecule has 1 unspecified atom stereocenters. The summed E-state index contributed by atoms with van der Waals surface area (Å²) < 4.78 is 0. The Balaban J connectivity index is 2.21. The molecule has 1 saturated heterocycles. The minimum Gasteiger partial charge on any atom is -0.313 e. The molecule has 1 N–H and O–H groups in total. The highest BCUT2D eigenvalue weighted by atomic mass is 15.2. The lowest BCUT2D eigenvalue weighted by Gasteiger charge is -2.31. The summed E-state index contributed by atoms with van der Waals surface area (Å²) in [5, 5.41) is 20.5. The van der Waals surface area contributed by atoms with Crippen LogP contribution in [-0.2, 0) is 0 Å². The number of hydrogen-bond donors (Lipinski definition) is 1. The van der Waals surface area contributed by atoms with E-state index in [1.54, 1.807) is 0 Å². The normalized spacial score (nSPS) is 22.6. The fourth-order valence-electron chi connectivity index (χ4n) is 1.66. The van der Waals surface area contributed by atoms with Gasteiger partial charge in [-0.3, -0.25) is 4.90 Å². The van der Waals surface area contributed by atoms with Gasteiger partial charge < -0.3 is 5.32 Å². The van der Waals surface area contributed by atoms with Crippen LogP contribution < -0.4 is 5.32 Å². The molecule has 1 atom stereocenters. The van der Waals surface area contributed by atoms with Gasteiger partial charge in [-0.05, 0) is 19.4 Å². The van der Waals surface area contributed by atoms with Crippen molar-refractivity contribution >= 4 is 0 Å². The SMILES string of the molecule is N#CCCCCN1CCNCC1C#N. The molecule has 0 bridgehead atoms. The zero-order valence-corrected chi connectivity index (χ0v) is 8.37. The molecule has 1 aliphatic rings. The number of unbranched alkanes of at least 4 members (excludes halogenated alkanes) is 2. The van der Waals surface area contributed by atoms with E-state index in [1.165, 1.54) is 0 Å². The second kappa shape index (κ2) is 6.37. The topological polar surface area (TPSA) is 62.9 Å². The third-order valence-electron chi connectivity index (χ3n) is 2.49. The van der Waals surface area contributed by atoms with E-state index in [1.807, 2.05) is 0 Å². The van der Waals surface area contributed by atoms with Gasteiger partial charge in [0.25, 0.3) is 0 Å². The molecule has 0 spiro atoms. The molecule has 0 aromatic heterocycles. The molecule has 4 nitrogen and oxygen atoms in total. The van der Waals surface area contributed by atoms with Gasteiger partial charge in [-0.2, -0.15) is 10.5 Å². The molecular weight excluding hydrogens is 176 g/mol. The first kappa shape index (κ1) is 11.0. The Morgan fingerprint density at radius 3 is 2.93 bits per heavy atom. The molecule has 0 aliphatic carbocycles. The van der Waals surface area contributed by atoms with Crippen molar-refractivity contribution in [3.8, 4) is 12.1 Å². The van der Waals surface area contributed by atoms with E-state index in [0.717, 1.165) is 39.0 Å². The van der Waals surface area contributed by atoms with Crippen LogP contribution >= 0.6 is 0 Å². The lowest BCUT2D eigenvalue weighted by atomic mass is 10.1. The van der Waals surface area contributed by atoms with Crippen molar-refractivity contribution in [2.24, 2.45) is 0 Å². The number of nitriles is 2. The zero-order valence-electron chi connectivity index (χ0n) is 8.37. The smallest absolute Gasteiger partial charge is 0.110 e. The molecule has 1 rings (SSSR count). The summed E-state index contributed by atoms with van der Waals surface area (Å²) in [6.07, 6.45) is 2.59. The maximum Gasteiger partial charge on any atom is 0.110 e. The Labute approximate surface area is 85.1 Å². The summed E-state index contributed by atoms with van der Waals surface area (Å²) in [6.45, 7) is 3.64. The Hall–Kier alpha value is -1.10. The molecule has 0 amide bonds. The van der Waals surface area contributed by atoms with Gasteiger partial charge in [-0.15, -0.1) is 0 Å². The van der Waals surface area contributed by atoms with Crippen molar-refractivity contribution in [2.45, 2.75) is 25.3 Å². The Morgan fingerprint density at radius 2 is 2.21 bits per heavy atom. The lowest BCUT2D eigenvalue weighted by molar-refractivity contribution is 0.194. The molecule has 0 radical (unpaired) electrons. The predicted octanol–water partition coefficient (Wildman–Crippen LogP) is 0.478. The fraction of sp³-hybridized carbons (Fsp3) is 0.800. The third kappa shape index (κ3) is 3.33. The second-order valence-corrected chi connectivity index (χ2v) is 3.50. The lowest BCUT2D eigenvalue weighted by Crippen LogP contribution is -2.50. The monoisotopic (exact) mass is 192 g/mol. The van der Waals surface area contributed by atoms with Gasteiger partial charge in [-0.1, -0.05) is 0 Å². The van der Waals surface area contributed by atoms with Gasteiger partial charge in [0.05, 0.1) is 12.1 Å². The molecule has 76 valence electrons. The molecule has 4 heteroatoms. The van der Waals surface area contributed by atoms with Crippen LogP contribution in [0.4, 0.5) is 0 Å². The molecule has 14 heavy (non-hydrogen) atoms. The van der Waals surface area contributed by atoms with E-state index in [0.29, 0.717) is 6.42 Å². The van der Waals surface area contributed by atoms with E-state index in [9.17, 15) is 0 Å². The molecule has 1 heterocycles.